The van der Waals surface area contributed by atoms with Crippen LogP contribution >= 0.6 is 11.3 Å². The van der Waals surface area contributed by atoms with E-state index < -0.39 is 0 Å². The molecule has 0 aliphatic heterocycles. The zero-order valence-corrected chi connectivity index (χ0v) is 10.3. The number of rotatable bonds is 4. The highest BCUT2D eigenvalue weighted by molar-refractivity contribution is 7.09. The van der Waals surface area contributed by atoms with Crippen molar-refractivity contribution in [3.8, 4) is 11.3 Å². The zero-order chi connectivity index (χ0) is 12.3. The number of thiazole rings is 1. The lowest BCUT2D eigenvalue weighted by atomic mass is 10.1. The third-order valence-electron chi connectivity index (χ3n) is 2.48. The molecule has 2 nitrogen and oxygen atoms in total. The second kappa shape index (κ2) is 5.19. The number of aromatic nitrogens is 1. The summed E-state index contributed by atoms with van der Waals surface area (Å²) in [5, 5.41) is 2.88. The molecule has 0 spiro atoms. The summed E-state index contributed by atoms with van der Waals surface area (Å²) in [5.74, 6) is -0.204. The van der Waals surface area contributed by atoms with E-state index in [0.717, 1.165) is 22.6 Å². The maximum absolute atomic E-state index is 13.1. The van der Waals surface area contributed by atoms with Crippen molar-refractivity contribution in [1.82, 2.24) is 4.98 Å². The quantitative estimate of drug-likeness (QED) is 0.777. The molecule has 0 saturated heterocycles. The SMILES string of the molecule is Cc1cc(-c2csc(CCC=O)n2)ccc1F. The Labute approximate surface area is 103 Å². The van der Waals surface area contributed by atoms with Crippen molar-refractivity contribution >= 4 is 17.6 Å². The molecule has 2 aromatic rings. The van der Waals surface area contributed by atoms with Crippen LogP contribution in [-0.2, 0) is 11.2 Å². The number of carbonyl (C=O) groups excluding carboxylic acids is 1. The smallest absolute Gasteiger partial charge is 0.126 e. The topological polar surface area (TPSA) is 30.0 Å². The van der Waals surface area contributed by atoms with Crippen molar-refractivity contribution in [2.75, 3.05) is 0 Å². The van der Waals surface area contributed by atoms with Crippen molar-refractivity contribution in [2.45, 2.75) is 19.8 Å². The summed E-state index contributed by atoms with van der Waals surface area (Å²) in [6, 6.07) is 4.96. The Morgan fingerprint density at radius 1 is 1.47 bits per heavy atom. The van der Waals surface area contributed by atoms with Gasteiger partial charge in [0, 0.05) is 23.8 Å². The van der Waals surface area contributed by atoms with Crippen LogP contribution in [0.3, 0.4) is 0 Å². The zero-order valence-electron chi connectivity index (χ0n) is 9.44. The van der Waals surface area contributed by atoms with E-state index in [1.807, 2.05) is 5.38 Å². The summed E-state index contributed by atoms with van der Waals surface area (Å²) >= 11 is 1.53. The first kappa shape index (κ1) is 11.9. The molecule has 2 rings (SSSR count). The van der Waals surface area contributed by atoms with Gasteiger partial charge in [0.1, 0.15) is 12.1 Å². The molecule has 0 aliphatic rings. The predicted octanol–water partition coefficient (Wildman–Crippen LogP) is 3.39. The van der Waals surface area contributed by atoms with E-state index in [9.17, 15) is 9.18 Å². The molecule has 88 valence electrons. The van der Waals surface area contributed by atoms with Gasteiger partial charge in [0.05, 0.1) is 10.7 Å². The average Bonchev–Trinajstić information content (AvgIpc) is 2.79. The average molecular weight is 249 g/mol. The van der Waals surface area contributed by atoms with Crippen molar-refractivity contribution < 1.29 is 9.18 Å². The van der Waals surface area contributed by atoms with Gasteiger partial charge in [-0.1, -0.05) is 0 Å². The molecule has 0 unspecified atom stereocenters. The van der Waals surface area contributed by atoms with Crippen LogP contribution < -0.4 is 0 Å². The number of aldehydes is 1. The number of halogens is 1. The standard InChI is InChI=1S/C13H12FNOS/c1-9-7-10(4-5-11(9)14)12-8-17-13(15-12)3-2-6-16/h4-8H,2-3H2,1H3. The molecule has 0 amide bonds. The lowest BCUT2D eigenvalue weighted by molar-refractivity contribution is -0.107. The highest BCUT2D eigenvalue weighted by Crippen LogP contribution is 2.24. The molecular formula is C13H12FNOS. The largest absolute Gasteiger partial charge is 0.303 e. The molecular weight excluding hydrogens is 237 g/mol. The molecule has 1 aromatic heterocycles. The van der Waals surface area contributed by atoms with Gasteiger partial charge in [0.2, 0.25) is 0 Å². The molecule has 0 aliphatic carbocycles. The molecule has 0 N–H and O–H groups in total. The molecule has 4 heteroatoms. The molecule has 17 heavy (non-hydrogen) atoms. The van der Waals surface area contributed by atoms with Crippen LogP contribution in [0.25, 0.3) is 11.3 Å². The van der Waals surface area contributed by atoms with E-state index in [4.69, 9.17) is 0 Å². The lowest BCUT2D eigenvalue weighted by Crippen LogP contribution is -1.87. The van der Waals surface area contributed by atoms with Crippen LogP contribution in [0.1, 0.15) is 17.0 Å². The third kappa shape index (κ3) is 2.77. The molecule has 0 fully saturated rings. The van der Waals surface area contributed by atoms with Crippen LogP contribution in [0.5, 0.6) is 0 Å². The van der Waals surface area contributed by atoms with E-state index in [2.05, 4.69) is 4.98 Å². The summed E-state index contributed by atoms with van der Waals surface area (Å²) in [4.78, 5) is 14.7. The second-order valence-electron chi connectivity index (χ2n) is 3.80. The van der Waals surface area contributed by atoms with Crippen LogP contribution in [0.15, 0.2) is 23.6 Å². The summed E-state index contributed by atoms with van der Waals surface area (Å²) in [6.45, 7) is 1.73. The van der Waals surface area contributed by atoms with Crippen LogP contribution in [0.2, 0.25) is 0 Å². The van der Waals surface area contributed by atoms with E-state index in [-0.39, 0.29) is 5.82 Å². The molecule has 0 bridgehead atoms. The van der Waals surface area contributed by atoms with Crippen LogP contribution in [0.4, 0.5) is 4.39 Å². The first-order valence-electron chi connectivity index (χ1n) is 5.35. The van der Waals surface area contributed by atoms with Crippen molar-refractivity contribution in [3.05, 3.63) is 40.0 Å². The molecule has 1 heterocycles. The van der Waals surface area contributed by atoms with Gasteiger partial charge in [0.25, 0.3) is 0 Å². The van der Waals surface area contributed by atoms with Gasteiger partial charge in [-0.2, -0.15) is 0 Å². The lowest BCUT2D eigenvalue weighted by Gasteiger charge is -1.99. The Balaban J connectivity index is 2.24. The number of aryl methyl sites for hydroxylation is 2. The molecule has 0 atom stereocenters. The fourth-order valence-corrected chi connectivity index (χ4v) is 2.37. The Kier molecular flexibility index (Phi) is 3.64. The first-order chi connectivity index (χ1) is 8.20. The molecule has 1 aromatic carbocycles. The first-order valence-corrected chi connectivity index (χ1v) is 6.23. The van der Waals surface area contributed by atoms with Gasteiger partial charge in [-0.15, -0.1) is 11.3 Å². The predicted molar refractivity (Wildman–Crippen MR) is 66.6 cm³/mol. The third-order valence-corrected chi connectivity index (χ3v) is 3.39. The summed E-state index contributed by atoms with van der Waals surface area (Å²) in [7, 11) is 0. The number of nitrogens with zero attached hydrogens (tertiary/aromatic N) is 1. The second-order valence-corrected chi connectivity index (χ2v) is 4.74. The maximum Gasteiger partial charge on any atom is 0.126 e. The van der Waals surface area contributed by atoms with Gasteiger partial charge >= 0.3 is 0 Å². The monoisotopic (exact) mass is 249 g/mol. The minimum absolute atomic E-state index is 0.204. The Morgan fingerprint density at radius 2 is 2.29 bits per heavy atom. The van der Waals surface area contributed by atoms with Gasteiger partial charge in [-0.05, 0) is 30.7 Å². The number of carbonyl (C=O) groups is 1. The fourth-order valence-electron chi connectivity index (χ4n) is 1.54. The van der Waals surface area contributed by atoms with Crippen LogP contribution in [-0.4, -0.2) is 11.3 Å². The minimum Gasteiger partial charge on any atom is -0.303 e. The van der Waals surface area contributed by atoms with Crippen molar-refractivity contribution in [3.63, 3.8) is 0 Å². The number of hydrogen-bond donors (Lipinski definition) is 0. The summed E-state index contributed by atoms with van der Waals surface area (Å²) in [6.07, 6.45) is 2.06. The Bertz CT molecular complexity index is 536. The van der Waals surface area contributed by atoms with E-state index >= 15 is 0 Å². The molecule has 0 radical (unpaired) electrons. The minimum atomic E-state index is -0.204. The van der Waals surface area contributed by atoms with E-state index in [1.165, 1.54) is 17.4 Å². The van der Waals surface area contributed by atoms with Crippen molar-refractivity contribution in [1.29, 1.82) is 0 Å². The molecule has 0 saturated carbocycles. The summed E-state index contributed by atoms with van der Waals surface area (Å²) in [5.41, 5.74) is 2.38. The van der Waals surface area contributed by atoms with Gasteiger partial charge in [0.15, 0.2) is 0 Å². The number of benzene rings is 1. The number of hydrogen-bond acceptors (Lipinski definition) is 3. The highest BCUT2D eigenvalue weighted by Gasteiger charge is 2.06. The van der Waals surface area contributed by atoms with Gasteiger partial charge in [-0.3, -0.25) is 0 Å². The summed E-state index contributed by atoms with van der Waals surface area (Å²) < 4.78 is 13.1. The van der Waals surface area contributed by atoms with Crippen LogP contribution in [0, 0.1) is 12.7 Å². The Morgan fingerprint density at radius 3 is 3.00 bits per heavy atom. The van der Waals surface area contributed by atoms with E-state index in [0.29, 0.717) is 18.4 Å². The fraction of sp³-hybridized carbons (Fsp3) is 0.231. The normalized spacial score (nSPS) is 10.5. The Hall–Kier alpha value is -1.55. The van der Waals surface area contributed by atoms with Crippen molar-refractivity contribution in [2.24, 2.45) is 0 Å². The maximum atomic E-state index is 13.1. The highest BCUT2D eigenvalue weighted by atomic mass is 32.1. The van der Waals surface area contributed by atoms with Gasteiger partial charge < -0.3 is 4.79 Å². The van der Waals surface area contributed by atoms with Gasteiger partial charge in [-0.25, -0.2) is 9.37 Å². The van der Waals surface area contributed by atoms with E-state index in [1.54, 1.807) is 19.1 Å².